The van der Waals surface area contributed by atoms with Crippen molar-refractivity contribution in [3.63, 3.8) is 0 Å². The molecule has 1 atom stereocenters. The number of piperidine rings is 1. The Morgan fingerprint density at radius 3 is 2.81 bits per heavy atom. The molecule has 6 nitrogen and oxygen atoms in total. The zero-order valence-electron chi connectivity index (χ0n) is 15.3. The molecule has 2 amide bonds. The van der Waals surface area contributed by atoms with Gasteiger partial charge in [0.15, 0.2) is 5.75 Å². The van der Waals surface area contributed by atoms with Gasteiger partial charge in [-0.2, -0.15) is 0 Å². The van der Waals surface area contributed by atoms with Crippen molar-refractivity contribution in [2.45, 2.75) is 32.1 Å². The summed E-state index contributed by atoms with van der Waals surface area (Å²) in [7, 11) is 0. The fourth-order valence-corrected chi connectivity index (χ4v) is 3.48. The Labute approximate surface area is 159 Å². The summed E-state index contributed by atoms with van der Waals surface area (Å²) in [5.74, 6) is 0.129. The first-order valence-corrected chi connectivity index (χ1v) is 9.37. The molecule has 2 aromatic rings. The number of pyridine rings is 1. The second kappa shape index (κ2) is 9.16. The van der Waals surface area contributed by atoms with Crippen LogP contribution in [0.5, 0.6) is 5.75 Å². The second-order valence-corrected chi connectivity index (χ2v) is 6.97. The van der Waals surface area contributed by atoms with Gasteiger partial charge in [-0.3, -0.25) is 9.78 Å². The molecule has 1 aromatic carbocycles. The van der Waals surface area contributed by atoms with E-state index in [0.29, 0.717) is 19.0 Å². The molecule has 0 spiro atoms. The molecule has 2 heterocycles. The number of likely N-dealkylation sites (tertiary alicyclic amines) is 1. The minimum absolute atomic E-state index is 0.220. The fraction of sp³-hybridized carbons (Fsp3) is 0.381. The van der Waals surface area contributed by atoms with Gasteiger partial charge in [0.05, 0.1) is 11.8 Å². The number of aryl methyl sites for hydroxylation is 1. The van der Waals surface area contributed by atoms with Crippen molar-refractivity contribution < 1.29 is 14.3 Å². The first-order valence-electron chi connectivity index (χ1n) is 9.37. The molecule has 0 bridgehead atoms. The van der Waals surface area contributed by atoms with Gasteiger partial charge in [-0.15, -0.1) is 0 Å². The lowest BCUT2D eigenvalue weighted by Gasteiger charge is -2.32. The summed E-state index contributed by atoms with van der Waals surface area (Å²) >= 11 is 0. The van der Waals surface area contributed by atoms with Crippen LogP contribution < -0.4 is 10.5 Å². The van der Waals surface area contributed by atoms with Crippen LogP contribution in [0.15, 0.2) is 48.8 Å². The van der Waals surface area contributed by atoms with Crippen molar-refractivity contribution >= 4 is 12.0 Å². The number of hydrogen-bond acceptors (Lipinski definition) is 4. The number of carbonyl (C=O) groups is 2. The Kier molecular flexibility index (Phi) is 6.41. The molecule has 2 N–H and O–H groups in total. The van der Waals surface area contributed by atoms with E-state index in [-0.39, 0.29) is 11.3 Å². The van der Waals surface area contributed by atoms with Crippen LogP contribution in [0.2, 0.25) is 0 Å². The summed E-state index contributed by atoms with van der Waals surface area (Å²) in [6.45, 7) is 1.40. The predicted molar refractivity (Wildman–Crippen MR) is 102 cm³/mol. The maximum Gasteiger partial charge on any atom is 0.415 e. The van der Waals surface area contributed by atoms with Crippen LogP contribution in [0.4, 0.5) is 4.79 Å². The van der Waals surface area contributed by atoms with Crippen LogP contribution in [0, 0.1) is 5.92 Å². The molecule has 142 valence electrons. The van der Waals surface area contributed by atoms with E-state index in [9.17, 15) is 9.59 Å². The smallest absolute Gasteiger partial charge is 0.409 e. The molecule has 0 saturated carbocycles. The number of primary amides is 1. The Balaban J connectivity index is 1.49. The fourth-order valence-electron chi connectivity index (χ4n) is 3.48. The molecule has 0 aliphatic carbocycles. The SMILES string of the molecule is NC(=O)c1cncc(OC(=O)N2CCCC(CCCc3ccccc3)C2)c1. The quantitative estimate of drug-likeness (QED) is 0.848. The minimum Gasteiger partial charge on any atom is -0.409 e. The average Bonchev–Trinajstić information content (AvgIpc) is 2.69. The number of rotatable bonds is 6. The van der Waals surface area contributed by atoms with Gasteiger partial charge in [0.25, 0.3) is 0 Å². The van der Waals surface area contributed by atoms with Gasteiger partial charge in [0.1, 0.15) is 0 Å². The first kappa shape index (κ1) is 18.9. The third-order valence-corrected chi connectivity index (χ3v) is 4.90. The Morgan fingerprint density at radius 2 is 2.04 bits per heavy atom. The first-order chi connectivity index (χ1) is 13.1. The highest BCUT2D eigenvalue weighted by Crippen LogP contribution is 2.23. The van der Waals surface area contributed by atoms with E-state index in [1.807, 2.05) is 6.07 Å². The molecule has 1 aromatic heterocycles. The third-order valence-electron chi connectivity index (χ3n) is 4.90. The van der Waals surface area contributed by atoms with Gasteiger partial charge in [0.2, 0.25) is 5.91 Å². The number of carbonyl (C=O) groups excluding carboxylic acids is 2. The number of benzene rings is 1. The third kappa shape index (κ3) is 5.54. The van der Waals surface area contributed by atoms with Crippen LogP contribution >= 0.6 is 0 Å². The summed E-state index contributed by atoms with van der Waals surface area (Å²) in [6.07, 6.45) is 7.75. The van der Waals surface area contributed by atoms with Gasteiger partial charge < -0.3 is 15.4 Å². The number of ether oxygens (including phenoxy) is 1. The monoisotopic (exact) mass is 367 g/mol. The maximum absolute atomic E-state index is 12.4. The topological polar surface area (TPSA) is 85.5 Å². The molecule has 1 aliphatic heterocycles. The molecule has 3 rings (SSSR count). The van der Waals surface area contributed by atoms with Crippen molar-refractivity contribution in [1.29, 1.82) is 0 Å². The summed E-state index contributed by atoms with van der Waals surface area (Å²) in [4.78, 5) is 29.3. The molecule has 1 fully saturated rings. The summed E-state index contributed by atoms with van der Waals surface area (Å²) in [5.41, 5.74) is 6.81. The number of aromatic nitrogens is 1. The van der Waals surface area contributed by atoms with Crippen LogP contribution in [-0.2, 0) is 6.42 Å². The van der Waals surface area contributed by atoms with E-state index in [1.165, 1.54) is 24.0 Å². The Hall–Kier alpha value is -2.89. The summed E-state index contributed by atoms with van der Waals surface area (Å²) in [6, 6.07) is 11.9. The van der Waals surface area contributed by atoms with E-state index < -0.39 is 12.0 Å². The van der Waals surface area contributed by atoms with Crippen molar-refractivity contribution in [2.24, 2.45) is 11.7 Å². The summed E-state index contributed by atoms with van der Waals surface area (Å²) in [5, 5.41) is 0. The Morgan fingerprint density at radius 1 is 1.22 bits per heavy atom. The summed E-state index contributed by atoms with van der Waals surface area (Å²) < 4.78 is 5.38. The molecule has 6 heteroatoms. The van der Waals surface area contributed by atoms with Crippen molar-refractivity contribution in [3.05, 3.63) is 59.9 Å². The normalized spacial score (nSPS) is 16.7. The lowest BCUT2D eigenvalue weighted by atomic mass is 9.92. The van der Waals surface area contributed by atoms with E-state index in [0.717, 1.165) is 32.1 Å². The van der Waals surface area contributed by atoms with Crippen LogP contribution in [-0.4, -0.2) is 35.0 Å². The van der Waals surface area contributed by atoms with Crippen LogP contribution in [0.25, 0.3) is 0 Å². The van der Waals surface area contributed by atoms with Gasteiger partial charge in [-0.1, -0.05) is 30.3 Å². The minimum atomic E-state index is -0.600. The molecule has 0 radical (unpaired) electrons. The maximum atomic E-state index is 12.4. The zero-order chi connectivity index (χ0) is 19.1. The van der Waals surface area contributed by atoms with Gasteiger partial charge in [0, 0.05) is 19.3 Å². The van der Waals surface area contributed by atoms with Crippen LogP contribution in [0.1, 0.15) is 41.6 Å². The van der Waals surface area contributed by atoms with Crippen LogP contribution in [0.3, 0.4) is 0 Å². The highest BCUT2D eigenvalue weighted by molar-refractivity contribution is 5.92. The number of amides is 2. The second-order valence-electron chi connectivity index (χ2n) is 6.97. The molecule has 27 heavy (non-hydrogen) atoms. The lowest BCUT2D eigenvalue weighted by Crippen LogP contribution is -2.41. The molecular weight excluding hydrogens is 342 g/mol. The Bertz CT molecular complexity index is 779. The lowest BCUT2D eigenvalue weighted by molar-refractivity contribution is 0.0998. The standard InChI is InChI=1S/C21H25N3O3/c22-20(25)18-12-19(14-23-13-18)27-21(26)24-11-5-10-17(15-24)9-4-8-16-6-2-1-3-7-16/h1-3,6-7,12-14,17H,4-5,8-11,15H2,(H2,22,25). The van der Waals surface area contributed by atoms with Crippen molar-refractivity contribution in [2.75, 3.05) is 13.1 Å². The van der Waals surface area contributed by atoms with Crippen molar-refractivity contribution in [1.82, 2.24) is 9.88 Å². The average molecular weight is 367 g/mol. The molecular formula is C21H25N3O3. The largest absolute Gasteiger partial charge is 0.415 e. The van der Waals surface area contributed by atoms with E-state index >= 15 is 0 Å². The molecule has 1 aliphatic rings. The number of nitrogens with two attached hydrogens (primary N) is 1. The predicted octanol–water partition coefficient (Wildman–Crippen LogP) is 3.41. The molecule has 1 saturated heterocycles. The highest BCUT2D eigenvalue weighted by atomic mass is 16.6. The van der Waals surface area contributed by atoms with Crippen molar-refractivity contribution in [3.8, 4) is 5.75 Å². The van der Waals surface area contributed by atoms with E-state index in [2.05, 4.69) is 29.2 Å². The zero-order valence-corrected chi connectivity index (χ0v) is 15.3. The van der Waals surface area contributed by atoms with E-state index in [1.54, 1.807) is 4.90 Å². The van der Waals surface area contributed by atoms with Gasteiger partial charge >= 0.3 is 6.09 Å². The number of nitrogens with zero attached hydrogens (tertiary/aromatic N) is 2. The van der Waals surface area contributed by atoms with E-state index in [4.69, 9.17) is 10.5 Å². The number of hydrogen-bond donors (Lipinski definition) is 1. The molecule has 1 unspecified atom stereocenters. The van der Waals surface area contributed by atoms with Gasteiger partial charge in [-0.05, 0) is 49.7 Å². The highest BCUT2D eigenvalue weighted by Gasteiger charge is 2.25. The van der Waals surface area contributed by atoms with Gasteiger partial charge in [-0.25, -0.2) is 4.79 Å².